The molecule has 3 heteroatoms. The molecule has 0 bridgehead atoms. The van der Waals surface area contributed by atoms with Gasteiger partial charge in [-0.25, -0.2) is 0 Å². The van der Waals surface area contributed by atoms with Crippen LogP contribution >= 0.6 is 0 Å². The van der Waals surface area contributed by atoms with Gasteiger partial charge < -0.3 is 11.1 Å². The molecule has 0 saturated carbocycles. The van der Waals surface area contributed by atoms with Gasteiger partial charge >= 0.3 is 0 Å². The minimum Gasteiger partial charge on any atom is -0.402 e. The minimum absolute atomic E-state index is 0.0504. The third kappa shape index (κ3) is 1.62. The van der Waals surface area contributed by atoms with Crippen molar-refractivity contribution in [2.45, 2.75) is 13.3 Å². The predicted molar refractivity (Wildman–Crippen MR) is 38.8 cm³/mol. The van der Waals surface area contributed by atoms with Crippen molar-refractivity contribution in [2.75, 3.05) is 0 Å². The van der Waals surface area contributed by atoms with Crippen molar-refractivity contribution in [3.05, 3.63) is 23.5 Å². The quantitative estimate of drug-likeness (QED) is 0.504. The van der Waals surface area contributed by atoms with E-state index < -0.39 is 0 Å². The molecule has 0 unspecified atom stereocenters. The van der Waals surface area contributed by atoms with E-state index in [1.807, 2.05) is 6.92 Å². The number of hydrogen-bond acceptors (Lipinski definition) is 2. The summed E-state index contributed by atoms with van der Waals surface area (Å²) in [6.45, 7) is 1.89. The molecule has 0 aromatic heterocycles. The van der Waals surface area contributed by atoms with Crippen molar-refractivity contribution in [2.24, 2.45) is 5.73 Å². The molecule has 3 nitrogen and oxygen atoms in total. The van der Waals surface area contributed by atoms with E-state index in [1.54, 1.807) is 12.3 Å². The maximum absolute atomic E-state index is 10.8. The second-order valence-corrected chi connectivity index (χ2v) is 2.35. The van der Waals surface area contributed by atoms with Gasteiger partial charge in [-0.2, -0.15) is 0 Å². The molecule has 3 N–H and O–H groups in total. The van der Waals surface area contributed by atoms with Crippen molar-refractivity contribution in [3.63, 3.8) is 0 Å². The van der Waals surface area contributed by atoms with Crippen molar-refractivity contribution >= 4 is 5.91 Å². The lowest BCUT2D eigenvalue weighted by Crippen LogP contribution is -2.17. The number of carbonyl (C=O) groups is 1. The van der Waals surface area contributed by atoms with Gasteiger partial charge in [-0.1, -0.05) is 0 Å². The van der Waals surface area contributed by atoms with Crippen LogP contribution in [0.5, 0.6) is 0 Å². The number of amides is 1. The monoisotopic (exact) mass is 138 g/mol. The van der Waals surface area contributed by atoms with Gasteiger partial charge in [-0.3, -0.25) is 4.79 Å². The molecular weight excluding hydrogens is 128 g/mol. The second kappa shape index (κ2) is 2.56. The molecule has 0 saturated heterocycles. The SMILES string of the molecule is CC1=CNC(=O)CC(N)=C1. The summed E-state index contributed by atoms with van der Waals surface area (Å²) in [5.74, 6) is -0.0504. The summed E-state index contributed by atoms with van der Waals surface area (Å²) in [5, 5.41) is 2.59. The Balaban J connectivity index is 2.81. The lowest BCUT2D eigenvalue weighted by atomic mass is 10.2. The zero-order valence-corrected chi connectivity index (χ0v) is 5.85. The van der Waals surface area contributed by atoms with E-state index in [0.717, 1.165) is 5.57 Å². The molecule has 1 heterocycles. The molecule has 1 amide bonds. The van der Waals surface area contributed by atoms with Crippen molar-refractivity contribution in [1.82, 2.24) is 5.32 Å². The number of hydrogen-bond donors (Lipinski definition) is 2. The van der Waals surface area contributed by atoms with E-state index in [-0.39, 0.29) is 5.91 Å². The predicted octanol–water partition coefficient (Wildman–Crippen LogP) is 0.253. The summed E-state index contributed by atoms with van der Waals surface area (Å²) in [4.78, 5) is 10.8. The van der Waals surface area contributed by atoms with Crippen LogP contribution in [0.3, 0.4) is 0 Å². The van der Waals surface area contributed by atoms with E-state index in [1.165, 1.54) is 0 Å². The molecule has 54 valence electrons. The van der Waals surface area contributed by atoms with Gasteiger partial charge in [0.05, 0.1) is 6.42 Å². The van der Waals surface area contributed by atoms with Crippen LogP contribution in [0, 0.1) is 0 Å². The van der Waals surface area contributed by atoms with Crippen LogP contribution in [-0.4, -0.2) is 5.91 Å². The maximum Gasteiger partial charge on any atom is 0.229 e. The molecule has 1 aliphatic rings. The fraction of sp³-hybridized carbons (Fsp3) is 0.286. The Bertz CT molecular complexity index is 216. The van der Waals surface area contributed by atoms with E-state index in [2.05, 4.69) is 5.32 Å². The fourth-order valence-corrected chi connectivity index (χ4v) is 0.816. The summed E-state index contributed by atoms with van der Waals surface area (Å²) >= 11 is 0. The first-order chi connectivity index (χ1) is 4.68. The zero-order valence-electron chi connectivity index (χ0n) is 5.85. The van der Waals surface area contributed by atoms with Gasteiger partial charge in [0.15, 0.2) is 0 Å². The van der Waals surface area contributed by atoms with Crippen LogP contribution in [0.15, 0.2) is 23.5 Å². The second-order valence-electron chi connectivity index (χ2n) is 2.35. The lowest BCUT2D eigenvalue weighted by Gasteiger charge is -1.94. The number of nitrogens with two attached hydrogens (primary N) is 1. The first kappa shape index (κ1) is 6.86. The van der Waals surface area contributed by atoms with E-state index >= 15 is 0 Å². The highest BCUT2D eigenvalue weighted by Gasteiger charge is 2.04. The van der Waals surface area contributed by atoms with Gasteiger partial charge in [0, 0.05) is 11.9 Å². The highest BCUT2D eigenvalue weighted by Crippen LogP contribution is 2.03. The Labute approximate surface area is 59.6 Å². The van der Waals surface area contributed by atoms with Gasteiger partial charge in [-0.15, -0.1) is 0 Å². The van der Waals surface area contributed by atoms with Crippen LogP contribution in [0.4, 0.5) is 0 Å². The number of allylic oxidation sites excluding steroid dienone is 2. The van der Waals surface area contributed by atoms with Crippen LogP contribution in [0.25, 0.3) is 0 Å². The minimum atomic E-state index is -0.0504. The van der Waals surface area contributed by atoms with Gasteiger partial charge in [-0.05, 0) is 18.6 Å². The highest BCUT2D eigenvalue weighted by atomic mass is 16.1. The molecular formula is C7H10N2O. The standard InChI is InChI=1S/C7H10N2O/c1-5-2-6(8)3-7(10)9-4-5/h2,4H,3,8H2,1H3,(H,9,10). The van der Waals surface area contributed by atoms with E-state index in [4.69, 9.17) is 5.73 Å². The highest BCUT2D eigenvalue weighted by molar-refractivity contribution is 5.80. The van der Waals surface area contributed by atoms with Gasteiger partial charge in [0.25, 0.3) is 0 Å². The lowest BCUT2D eigenvalue weighted by molar-refractivity contribution is -0.119. The van der Waals surface area contributed by atoms with Crippen LogP contribution < -0.4 is 11.1 Å². The number of rotatable bonds is 0. The Kier molecular flexibility index (Phi) is 1.76. The summed E-state index contributed by atoms with van der Waals surface area (Å²) in [5.41, 5.74) is 7.06. The summed E-state index contributed by atoms with van der Waals surface area (Å²) < 4.78 is 0. The number of nitrogens with one attached hydrogen (secondary N) is 1. The van der Waals surface area contributed by atoms with Crippen molar-refractivity contribution in [3.8, 4) is 0 Å². The van der Waals surface area contributed by atoms with Crippen LogP contribution in [0.1, 0.15) is 13.3 Å². The smallest absolute Gasteiger partial charge is 0.229 e. The Hall–Kier alpha value is -1.25. The first-order valence-electron chi connectivity index (χ1n) is 3.10. The third-order valence-electron chi connectivity index (χ3n) is 1.24. The normalized spacial score (nSPS) is 18.7. The van der Waals surface area contributed by atoms with E-state index in [0.29, 0.717) is 12.1 Å². The largest absolute Gasteiger partial charge is 0.402 e. The maximum atomic E-state index is 10.8. The molecule has 0 radical (unpaired) electrons. The Morgan fingerprint density at radius 3 is 3.10 bits per heavy atom. The average Bonchev–Trinajstić information content (AvgIpc) is 1.93. The summed E-state index contributed by atoms with van der Waals surface area (Å²) in [7, 11) is 0. The Morgan fingerprint density at radius 1 is 1.70 bits per heavy atom. The molecule has 0 atom stereocenters. The molecule has 10 heavy (non-hydrogen) atoms. The van der Waals surface area contributed by atoms with Gasteiger partial charge in [0.1, 0.15) is 0 Å². The summed E-state index contributed by atoms with van der Waals surface area (Å²) in [6.07, 6.45) is 3.74. The topological polar surface area (TPSA) is 55.1 Å². The molecule has 0 aromatic carbocycles. The molecule has 0 spiro atoms. The van der Waals surface area contributed by atoms with Crippen LogP contribution in [0.2, 0.25) is 0 Å². The zero-order chi connectivity index (χ0) is 7.56. The fourth-order valence-electron chi connectivity index (χ4n) is 0.816. The first-order valence-corrected chi connectivity index (χ1v) is 3.10. The van der Waals surface area contributed by atoms with Crippen molar-refractivity contribution < 1.29 is 4.79 Å². The molecule has 1 rings (SSSR count). The molecule has 0 aromatic rings. The average molecular weight is 138 g/mol. The Morgan fingerprint density at radius 2 is 2.40 bits per heavy atom. The third-order valence-corrected chi connectivity index (χ3v) is 1.24. The molecule has 0 fully saturated rings. The molecule has 1 aliphatic heterocycles. The van der Waals surface area contributed by atoms with Crippen molar-refractivity contribution in [1.29, 1.82) is 0 Å². The number of carbonyl (C=O) groups excluding carboxylic acids is 1. The van der Waals surface area contributed by atoms with Crippen LogP contribution in [-0.2, 0) is 4.79 Å². The van der Waals surface area contributed by atoms with Gasteiger partial charge in [0.2, 0.25) is 5.91 Å². The van der Waals surface area contributed by atoms with E-state index in [9.17, 15) is 4.79 Å². The molecule has 0 aliphatic carbocycles. The summed E-state index contributed by atoms with van der Waals surface area (Å²) in [6, 6.07) is 0.